The lowest BCUT2D eigenvalue weighted by Crippen LogP contribution is -2.32. The van der Waals surface area contributed by atoms with Crippen LogP contribution in [0, 0.1) is 0 Å². The van der Waals surface area contributed by atoms with Gasteiger partial charge in [-0.05, 0) is 30.8 Å². The molecule has 23 heavy (non-hydrogen) atoms. The zero-order valence-corrected chi connectivity index (χ0v) is 13.8. The number of rotatable bonds is 7. The van der Waals surface area contributed by atoms with Crippen LogP contribution in [-0.4, -0.2) is 42.2 Å². The first-order valence-corrected chi connectivity index (χ1v) is 7.47. The highest BCUT2D eigenvalue weighted by molar-refractivity contribution is 7.80. The molecule has 7 nitrogen and oxygen atoms in total. The van der Waals surface area contributed by atoms with Crippen molar-refractivity contribution in [3.8, 4) is 0 Å². The largest absolute Gasteiger partial charge is 0.458 e. The smallest absolute Gasteiger partial charge is 0.303 e. The molecule has 2 heterocycles. The van der Waals surface area contributed by atoms with Crippen LogP contribution in [0.5, 0.6) is 0 Å². The number of carbonyl (C=O) groups excluding carboxylic acids is 2. The van der Waals surface area contributed by atoms with Crippen LogP contribution >= 0.6 is 12.2 Å². The Kier molecular flexibility index (Phi) is 5.89. The molecule has 0 bridgehead atoms. The van der Waals surface area contributed by atoms with Gasteiger partial charge in [0.05, 0.1) is 0 Å². The van der Waals surface area contributed by atoms with Crippen LogP contribution in [0.1, 0.15) is 24.9 Å². The molecule has 124 valence electrons. The molecule has 0 aromatic carbocycles. The fourth-order valence-electron chi connectivity index (χ4n) is 2.01. The number of furan rings is 1. The number of nitrogens with zero attached hydrogens (tertiary/aromatic N) is 1. The molecular weight excluding hydrogens is 320 g/mol. The Balaban J connectivity index is 2.01. The number of methoxy groups -OCH3 is 1. The van der Waals surface area contributed by atoms with Gasteiger partial charge < -0.3 is 19.2 Å². The molecular formula is C15H18N2O5S. The molecule has 0 aliphatic carbocycles. The van der Waals surface area contributed by atoms with Crippen LogP contribution in [0.25, 0.3) is 6.08 Å². The SMILES string of the molecule is COCCCN1C(=O)/C(=C/c2ccc(COC(C)=O)o2)NC1=S. The summed E-state index contributed by atoms with van der Waals surface area (Å²) < 4.78 is 15.3. The summed E-state index contributed by atoms with van der Waals surface area (Å²) in [6.45, 7) is 2.43. The van der Waals surface area contributed by atoms with E-state index in [0.717, 1.165) is 0 Å². The van der Waals surface area contributed by atoms with Gasteiger partial charge in [-0.15, -0.1) is 0 Å². The zero-order chi connectivity index (χ0) is 16.8. The highest BCUT2D eigenvalue weighted by atomic mass is 32.1. The zero-order valence-electron chi connectivity index (χ0n) is 13.0. The molecule has 1 N–H and O–H groups in total. The summed E-state index contributed by atoms with van der Waals surface area (Å²) in [4.78, 5) is 24.5. The second-order valence-corrected chi connectivity index (χ2v) is 5.26. The minimum Gasteiger partial charge on any atom is -0.458 e. The Labute approximate surface area is 139 Å². The van der Waals surface area contributed by atoms with Gasteiger partial charge in [-0.1, -0.05) is 0 Å². The molecule has 0 saturated carbocycles. The van der Waals surface area contributed by atoms with Gasteiger partial charge in [-0.2, -0.15) is 0 Å². The molecule has 0 atom stereocenters. The van der Waals surface area contributed by atoms with Gasteiger partial charge in [0, 0.05) is 33.3 Å². The summed E-state index contributed by atoms with van der Waals surface area (Å²) in [5.74, 6) is 0.386. The van der Waals surface area contributed by atoms with Crippen molar-refractivity contribution in [1.29, 1.82) is 0 Å². The molecule has 2 rings (SSSR count). The summed E-state index contributed by atoms with van der Waals surface area (Å²) in [6, 6.07) is 3.38. The fraction of sp³-hybridized carbons (Fsp3) is 0.400. The van der Waals surface area contributed by atoms with E-state index < -0.39 is 0 Å². The maximum atomic E-state index is 12.3. The Morgan fingerprint density at radius 2 is 2.26 bits per heavy atom. The third kappa shape index (κ3) is 4.64. The molecule has 8 heteroatoms. The number of hydrogen-bond acceptors (Lipinski definition) is 6. The minimum absolute atomic E-state index is 0.0570. The normalized spacial score (nSPS) is 16.1. The molecule has 1 fully saturated rings. The summed E-state index contributed by atoms with van der Waals surface area (Å²) >= 11 is 5.16. The van der Waals surface area contributed by atoms with Crippen molar-refractivity contribution in [1.82, 2.24) is 10.2 Å². The van der Waals surface area contributed by atoms with Crippen LogP contribution in [0.4, 0.5) is 0 Å². The van der Waals surface area contributed by atoms with Gasteiger partial charge in [-0.3, -0.25) is 14.5 Å². The van der Waals surface area contributed by atoms with Gasteiger partial charge in [0.15, 0.2) is 5.11 Å². The predicted molar refractivity (Wildman–Crippen MR) is 86.1 cm³/mol. The first kappa shape index (κ1) is 17.2. The van der Waals surface area contributed by atoms with Crippen molar-refractivity contribution < 1.29 is 23.5 Å². The minimum atomic E-state index is -0.383. The van der Waals surface area contributed by atoms with Crippen molar-refractivity contribution >= 4 is 35.3 Å². The topological polar surface area (TPSA) is 81.0 Å². The number of esters is 1. The average molecular weight is 338 g/mol. The molecule has 1 aromatic rings. The Hall–Kier alpha value is -2.19. The van der Waals surface area contributed by atoms with Crippen molar-refractivity contribution in [3.05, 3.63) is 29.4 Å². The van der Waals surface area contributed by atoms with E-state index in [-0.39, 0.29) is 18.5 Å². The van der Waals surface area contributed by atoms with Crippen LogP contribution in [0.15, 0.2) is 22.2 Å². The second-order valence-electron chi connectivity index (χ2n) is 4.88. The van der Waals surface area contributed by atoms with Gasteiger partial charge in [0.25, 0.3) is 5.91 Å². The number of ether oxygens (including phenoxy) is 2. The Bertz CT molecular complexity index is 638. The molecule has 1 aliphatic rings. The number of amides is 1. The highest BCUT2D eigenvalue weighted by Gasteiger charge is 2.30. The van der Waals surface area contributed by atoms with Crippen LogP contribution < -0.4 is 5.32 Å². The van der Waals surface area contributed by atoms with E-state index in [4.69, 9.17) is 26.1 Å². The summed E-state index contributed by atoms with van der Waals surface area (Å²) in [5.41, 5.74) is 0.348. The monoisotopic (exact) mass is 338 g/mol. The van der Waals surface area contributed by atoms with Gasteiger partial charge >= 0.3 is 5.97 Å². The molecule has 0 radical (unpaired) electrons. The van der Waals surface area contributed by atoms with Gasteiger partial charge in [-0.25, -0.2) is 0 Å². The number of thiocarbonyl (C=S) groups is 1. The van der Waals surface area contributed by atoms with Gasteiger partial charge in [0.2, 0.25) is 0 Å². The van der Waals surface area contributed by atoms with Crippen molar-refractivity contribution in [2.24, 2.45) is 0 Å². The molecule has 0 unspecified atom stereocenters. The molecule has 1 aliphatic heterocycles. The van der Waals surface area contributed by atoms with Crippen LogP contribution in [-0.2, 0) is 25.7 Å². The van der Waals surface area contributed by atoms with Crippen molar-refractivity contribution in [2.75, 3.05) is 20.3 Å². The van der Waals surface area contributed by atoms with Gasteiger partial charge in [0.1, 0.15) is 23.8 Å². The number of carbonyl (C=O) groups is 2. The van der Waals surface area contributed by atoms with Crippen LogP contribution in [0.3, 0.4) is 0 Å². The Morgan fingerprint density at radius 3 is 2.96 bits per heavy atom. The lowest BCUT2D eigenvalue weighted by Gasteiger charge is -2.12. The second kappa shape index (κ2) is 7.89. The van der Waals surface area contributed by atoms with E-state index in [1.165, 1.54) is 11.8 Å². The lowest BCUT2D eigenvalue weighted by atomic mass is 10.3. The maximum Gasteiger partial charge on any atom is 0.303 e. The van der Waals surface area contributed by atoms with Crippen molar-refractivity contribution in [2.45, 2.75) is 20.0 Å². The van der Waals surface area contributed by atoms with E-state index in [2.05, 4.69) is 5.32 Å². The lowest BCUT2D eigenvalue weighted by molar-refractivity contribution is -0.142. The fourth-order valence-corrected chi connectivity index (χ4v) is 2.29. The highest BCUT2D eigenvalue weighted by Crippen LogP contribution is 2.17. The summed E-state index contributed by atoms with van der Waals surface area (Å²) in [6.07, 6.45) is 2.27. The van der Waals surface area contributed by atoms with E-state index in [0.29, 0.717) is 41.9 Å². The number of hydrogen-bond donors (Lipinski definition) is 1. The Morgan fingerprint density at radius 1 is 1.48 bits per heavy atom. The molecule has 1 saturated heterocycles. The molecule has 0 spiro atoms. The summed E-state index contributed by atoms with van der Waals surface area (Å²) in [5, 5.41) is 3.24. The van der Waals surface area contributed by atoms with E-state index in [1.807, 2.05) is 0 Å². The average Bonchev–Trinajstić information content (AvgIpc) is 3.05. The molecule has 1 amide bonds. The first-order chi connectivity index (χ1) is 11.0. The molecule has 1 aromatic heterocycles. The summed E-state index contributed by atoms with van der Waals surface area (Å²) in [7, 11) is 1.61. The van der Waals surface area contributed by atoms with Crippen LogP contribution in [0.2, 0.25) is 0 Å². The standard InChI is InChI=1S/C15H18N2O5S/c1-10(18)21-9-12-5-4-11(22-12)8-13-14(19)17(15(23)16-13)6-3-7-20-2/h4-5,8H,3,6-7,9H2,1-2H3,(H,16,23)/b13-8-. The number of nitrogens with one attached hydrogen (secondary N) is 1. The van der Waals surface area contributed by atoms with E-state index in [9.17, 15) is 9.59 Å². The third-order valence-corrected chi connectivity index (χ3v) is 3.40. The predicted octanol–water partition coefficient (Wildman–Crippen LogP) is 1.44. The quantitative estimate of drug-likeness (QED) is 0.349. The van der Waals surface area contributed by atoms with E-state index >= 15 is 0 Å². The first-order valence-electron chi connectivity index (χ1n) is 7.07. The van der Waals surface area contributed by atoms with Crippen molar-refractivity contribution in [3.63, 3.8) is 0 Å². The van der Waals surface area contributed by atoms with E-state index in [1.54, 1.807) is 25.3 Å². The maximum absolute atomic E-state index is 12.3. The third-order valence-electron chi connectivity index (χ3n) is 3.08.